The first-order valence-electron chi connectivity index (χ1n) is 8.03. The minimum atomic E-state index is -0.494. The van der Waals surface area contributed by atoms with Gasteiger partial charge in [-0.05, 0) is 55.9 Å². The summed E-state index contributed by atoms with van der Waals surface area (Å²) in [4.78, 5) is 30.4. The van der Waals surface area contributed by atoms with Crippen molar-refractivity contribution in [2.45, 2.75) is 13.8 Å². The summed E-state index contributed by atoms with van der Waals surface area (Å²) in [5, 5.41) is 2.65. The molecule has 0 aliphatic carbocycles. The number of carbonyl (C=O) groups is 2. The van der Waals surface area contributed by atoms with Crippen LogP contribution in [0.4, 0.5) is 0 Å². The molecule has 1 fully saturated rings. The summed E-state index contributed by atoms with van der Waals surface area (Å²) in [6.45, 7) is 7.76. The molecule has 3 rings (SSSR count). The van der Waals surface area contributed by atoms with Crippen LogP contribution in [0.15, 0.2) is 48.8 Å². The lowest BCUT2D eigenvalue weighted by Gasteiger charge is -2.27. The SMILES string of the molecule is C=CCN1C(=O)C(=Cc2cc(C)n(-c3cccnc3)c2C)C(=O)NC1=S. The van der Waals surface area contributed by atoms with Crippen molar-refractivity contribution >= 4 is 35.2 Å². The van der Waals surface area contributed by atoms with Crippen LogP contribution in [0.1, 0.15) is 17.0 Å². The van der Waals surface area contributed by atoms with Gasteiger partial charge >= 0.3 is 0 Å². The van der Waals surface area contributed by atoms with Crippen molar-refractivity contribution in [2.24, 2.45) is 0 Å². The number of carbonyl (C=O) groups excluding carboxylic acids is 2. The Bertz CT molecular complexity index is 944. The first-order chi connectivity index (χ1) is 12.4. The summed E-state index contributed by atoms with van der Waals surface area (Å²) >= 11 is 5.07. The van der Waals surface area contributed by atoms with E-state index in [4.69, 9.17) is 12.2 Å². The third-order valence-corrected chi connectivity index (χ3v) is 4.49. The van der Waals surface area contributed by atoms with E-state index in [0.717, 1.165) is 22.6 Å². The molecule has 132 valence electrons. The van der Waals surface area contributed by atoms with Crippen LogP contribution in [-0.2, 0) is 9.59 Å². The zero-order valence-electron chi connectivity index (χ0n) is 14.5. The van der Waals surface area contributed by atoms with Gasteiger partial charge < -0.3 is 4.57 Å². The van der Waals surface area contributed by atoms with Crippen molar-refractivity contribution in [1.82, 2.24) is 19.8 Å². The van der Waals surface area contributed by atoms with Crippen molar-refractivity contribution < 1.29 is 9.59 Å². The average Bonchev–Trinajstić information content (AvgIpc) is 2.89. The van der Waals surface area contributed by atoms with E-state index >= 15 is 0 Å². The number of hydrogen-bond acceptors (Lipinski definition) is 4. The maximum absolute atomic E-state index is 12.7. The molecule has 1 saturated heterocycles. The lowest BCUT2D eigenvalue weighted by molar-refractivity contribution is -0.128. The van der Waals surface area contributed by atoms with Crippen LogP contribution in [0.5, 0.6) is 0 Å². The molecule has 2 aromatic heterocycles. The molecule has 26 heavy (non-hydrogen) atoms. The van der Waals surface area contributed by atoms with E-state index in [-0.39, 0.29) is 17.2 Å². The molecule has 1 N–H and O–H groups in total. The first-order valence-corrected chi connectivity index (χ1v) is 8.44. The molecule has 0 radical (unpaired) electrons. The summed E-state index contributed by atoms with van der Waals surface area (Å²) < 4.78 is 2.02. The maximum atomic E-state index is 12.7. The Labute approximate surface area is 156 Å². The average molecular weight is 366 g/mol. The van der Waals surface area contributed by atoms with Gasteiger partial charge in [0.2, 0.25) is 0 Å². The van der Waals surface area contributed by atoms with E-state index in [9.17, 15) is 9.59 Å². The fourth-order valence-corrected chi connectivity index (χ4v) is 3.21. The third kappa shape index (κ3) is 3.09. The predicted molar refractivity (Wildman–Crippen MR) is 104 cm³/mol. The number of pyridine rings is 1. The fraction of sp³-hybridized carbons (Fsp3) is 0.158. The molecule has 2 amide bonds. The molecule has 0 atom stereocenters. The maximum Gasteiger partial charge on any atom is 0.265 e. The molecule has 0 aromatic carbocycles. The van der Waals surface area contributed by atoms with E-state index in [1.54, 1.807) is 24.5 Å². The van der Waals surface area contributed by atoms with Gasteiger partial charge in [0.25, 0.3) is 11.8 Å². The van der Waals surface area contributed by atoms with Gasteiger partial charge in [-0.15, -0.1) is 6.58 Å². The van der Waals surface area contributed by atoms with Crippen LogP contribution in [0, 0.1) is 13.8 Å². The number of hydrogen-bond donors (Lipinski definition) is 1. The molecule has 0 bridgehead atoms. The van der Waals surface area contributed by atoms with Crippen LogP contribution in [-0.4, -0.2) is 37.9 Å². The minimum absolute atomic E-state index is 0.0480. The highest BCUT2D eigenvalue weighted by Gasteiger charge is 2.32. The van der Waals surface area contributed by atoms with Crippen LogP contribution in [0.2, 0.25) is 0 Å². The van der Waals surface area contributed by atoms with Gasteiger partial charge in [0.15, 0.2) is 5.11 Å². The molecular weight excluding hydrogens is 348 g/mol. The van der Waals surface area contributed by atoms with Gasteiger partial charge in [-0.1, -0.05) is 6.08 Å². The van der Waals surface area contributed by atoms with Crippen molar-refractivity contribution in [1.29, 1.82) is 0 Å². The normalized spacial score (nSPS) is 16.2. The van der Waals surface area contributed by atoms with Crippen molar-refractivity contribution in [3.8, 4) is 5.69 Å². The molecule has 6 nitrogen and oxygen atoms in total. The van der Waals surface area contributed by atoms with Gasteiger partial charge in [-0.3, -0.25) is 24.8 Å². The van der Waals surface area contributed by atoms with Gasteiger partial charge in [0.05, 0.1) is 11.9 Å². The Kier molecular flexibility index (Phi) is 4.81. The molecule has 2 aromatic rings. The number of aromatic nitrogens is 2. The summed E-state index contributed by atoms with van der Waals surface area (Å²) in [5.41, 5.74) is 3.64. The number of thiocarbonyl (C=S) groups is 1. The van der Waals surface area contributed by atoms with E-state index in [1.807, 2.05) is 36.6 Å². The molecule has 0 spiro atoms. The van der Waals surface area contributed by atoms with E-state index < -0.39 is 11.8 Å². The largest absolute Gasteiger partial charge is 0.316 e. The summed E-state index contributed by atoms with van der Waals surface area (Å²) in [6.07, 6.45) is 6.64. The Hall–Kier alpha value is -3.06. The van der Waals surface area contributed by atoms with Crippen molar-refractivity contribution in [3.63, 3.8) is 0 Å². The van der Waals surface area contributed by atoms with Crippen LogP contribution < -0.4 is 5.32 Å². The second-order valence-corrected chi connectivity index (χ2v) is 6.28. The van der Waals surface area contributed by atoms with Gasteiger partial charge in [0, 0.05) is 24.1 Å². The molecule has 0 unspecified atom stereocenters. The number of nitrogens with zero attached hydrogens (tertiary/aromatic N) is 3. The molecular formula is C19H18N4O2S. The highest BCUT2D eigenvalue weighted by molar-refractivity contribution is 7.80. The monoisotopic (exact) mass is 366 g/mol. The zero-order chi connectivity index (χ0) is 18.8. The summed E-state index contributed by atoms with van der Waals surface area (Å²) in [6, 6.07) is 5.74. The number of rotatable bonds is 4. The van der Waals surface area contributed by atoms with Crippen LogP contribution in [0.3, 0.4) is 0 Å². The summed E-state index contributed by atoms with van der Waals surface area (Å²) in [7, 11) is 0. The van der Waals surface area contributed by atoms with E-state index in [0.29, 0.717) is 0 Å². The number of amides is 2. The molecule has 1 aliphatic rings. The van der Waals surface area contributed by atoms with Gasteiger partial charge in [0.1, 0.15) is 5.57 Å². The van der Waals surface area contributed by atoms with Gasteiger partial charge in [-0.25, -0.2) is 0 Å². The second-order valence-electron chi connectivity index (χ2n) is 5.89. The highest BCUT2D eigenvalue weighted by atomic mass is 32.1. The van der Waals surface area contributed by atoms with Crippen LogP contribution in [0.25, 0.3) is 11.8 Å². The second kappa shape index (κ2) is 7.05. The standard InChI is InChI=1S/C19H18N4O2S/c1-4-8-22-18(25)16(17(24)21-19(22)26)10-14-9-12(2)23(13(14)3)15-6-5-7-20-11-15/h4-7,9-11H,1,8H2,2-3H3,(H,21,24,26). The smallest absolute Gasteiger partial charge is 0.265 e. The highest BCUT2D eigenvalue weighted by Crippen LogP contribution is 2.23. The topological polar surface area (TPSA) is 67.2 Å². The first kappa shape index (κ1) is 17.8. The minimum Gasteiger partial charge on any atom is -0.316 e. The predicted octanol–water partition coefficient (Wildman–Crippen LogP) is 2.30. The van der Waals surface area contributed by atoms with Crippen molar-refractivity contribution in [3.05, 3.63) is 65.8 Å². The quantitative estimate of drug-likeness (QED) is 0.390. The Morgan fingerprint density at radius 3 is 2.77 bits per heavy atom. The van der Waals surface area contributed by atoms with Gasteiger partial charge in [-0.2, -0.15) is 0 Å². The molecule has 0 saturated carbocycles. The molecule has 7 heteroatoms. The van der Waals surface area contributed by atoms with Crippen LogP contribution >= 0.6 is 12.2 Å². The number of nitrogens with one attached hydrogen (secondary N) is 1. The van der Waals surface area contributed by atoms with E-state index in [2.05, 4.69) is 16.9 Å². The molecule has 1 aliphatic heterocycles. The lowest BCUT2D eigenvalue weighted by Crippen LogP contribution is -2.53. The Balaban J connectivity index is 2.05. The molecule has 3 heterocycles. The third-order valence-electron chi connectivity index (χ3n) is 4.17. The lowest BCUT2D eigenvalue weighted by atomic mass is 10.1. The fourth-order valence-electron chi connectivity index (χ4n) is 2.96. The summed E-state index contributed by atoms with van der Waals surface area (Å²) in [5.74, 6) is -0.920. The Morgan fingerprint density at radius 1 is 1.35 bits per heavy atom. The van der Waals surface area contributed by atoms with E-state index in [1.165, 1.54) is 4.90 Å². The number of aryl methyl sites for hydroxylation is 1. The Morgan fingerprint density at radius 2 is 2.12 bits per heavy atom. The zero-order valence-corrected chi connectivity index (χ0v) is 15.3. The van der Waals surface area contributed by atoms with Crippen molar-refractivity contribution in [2.75, 3.05) is 6.54 Å².